The van der Waals surface area contributed by atoms with Crippen molar-refractivity contribution in [1.82, 2.24) is 10.2 Å². The van der Waals surface area contributed by atoms with Crippen molar-refractivity contribution >= 4 is 11.8 Å². The molecule has 1 unspecified atom stereocenters. The summed E-state index contributed by atoms with van der Waals surface area (Å²) in [5.41, 5.74) is 5.39. The zero-order valence-corrected chi connectivity index (χ0v) is 10.9. The summed E-state index contributed by atoms with van der Waals surface area (Å²) in [6, 6.07) is 0. The quantitative estimate of drug-likeness (QED) is 0.548. The van der Waals surface area contributed by atoms with Crippen molar-refractivity contribution in [3.63, 3.8) is 0 Å². The highest BCUT2D eigenvalue weighted by Crippen LogP contribution is 2.04. The lowest BCUT2D eigenvalue weighted by Crippen LogP contribution is -2.41. The Kier molecular flexibility index (Phi) is 8.35. The van der Waals surface area contributed by atoms with Crippen molar-refractivity contribution in [3.05, 3.63) is 0 Å². The van der Waals surface area contributed by atoms with E-state index in [9.17, 15) is 9.59 Å². The third-order valence-electron chi connectivity index (χ3n) is 2.41. The van der Waals surface area contributed by atoms with Crippen LogP contribution in [0.15, 0.2) is 0 Å². The van der Waals surface area contributed by atoms with Gasteiger partial charge in [0.05, 0.1) is 13.2 Å². The van der Waals surface area contributed by atoms with Crippen LogP contribution in [0.5, 0.6) is 0 Å². The lowest BCUT2D eigenvalue weighted by atomic mass is 10.1. The van der Waals surface area contributed by atoms with E-state index < -0.39 is 0 Å². The molecule has 0 saturated carbocycles. The van der Waals surface area contributed by atoms with Crippen LogP contribution >= 0.6 is 0 Å². The Bertz CT molecular complexity index is 246. The SMILES string of the molecule is COCCNC(=O)CN(C)C(=O)C(C)CCN. The summed E-state index contributed by atoms with van der Waals surface area (Å²) < 4.78 is 4.81. The van der Waals surface area contributed by atoms with Crippen molar-refractivity contribution in [2.45, 2.75) is 13.3 Å². The maximum Gasteiger partial charge on any atom is 0.239 e. The first-order valence-electron chi connectivity index (χ1n) is 5.73. The average molecular weight is 245 g/mol. The highest BCUT2D eigenvalue weighted by Gasteiger charge is 2.18. The molecule has 0 bridgehead atoms. The minimum Gasteiger partial charge on any atom is -0.383 e. The molecule has 0 saturated heterocycles. The van der Waals surface area contributed by atoms with Gasteiger partial charge >= 0.3 is 0 Å². The molecule has 0 heterocycles. The second-order valence-corrected chi connectivity index (χ2v) is 4.02. The molecule has 0 aliphatic heterocycles. The number of likely N-dealkylation sites (N-methyl/N-ethyl adjacent to an activating group) is 1. The number of carbonyl (C=O) groups excluding carboxylic acids is 2. The molecule has 0 aromatic rings. The van der Waals surface area contributed by atoms with Gasteiger partial charge in [-0.25, -0.2) is 0 Å². The molecule has 0 radical (unpaired) electrons. The van der Waals surface area contributed by atoms with E-state index in [0.29, 0.717) is 26.1 Å². The van der Waals surface area contributed by atoms with Crippen LogP contribution in [0.4, 0.5) is 0 Å². The van der Waals surface area contributed by atoms with Gasteiger partial charge in [-0.05, 0) is 13.0 Å². The monoisotopic (exact) mass is 245 g/mol. The Morgan fingerprint density at radius 2 is 2.12 bits per heavy atom. The molecule has 100 valence electrons. The summed E-state index contributed by atoms with van der Waals surface area (Å²) in [5.74, 6) is -0.382. The van der Waals surface area contributed by atoms with Gasteiger partial charge in [0.15, 0.2) is 0 Å². The van der Waals surface area contributed by atoms with Crippen molar-refractivity contribution < 1.29 is 14.3 Å². The van der Waals surface area contributed by atoms with Crippen molar-refractivity contribution in [2.75, 3.05) is 40.4 Å². The van der Waals surface area contributed by atoms with E-state index in [2.05, 4.69) is 5.32 Å². The predicted molar refractivity (Wildman–Crippen MR) is 65.4 cm³/mol. The van der Waals surface area contributed by atoms with Gasteiger partial charge in [0.1, 0.15) is 0 Å². The van der Waals surface area contributed by atoms with Gasteiger partial charge in [-0.1, -0.05) is 6.92 Å². The van der Waals surface area contributed by atoms with Crippen LogP contribution in [0.2, 0.25) is 0 Å². The maximum atomic E-state index is 11.8. The molecule has 1 atom stereocenters. The topological polar surface area (TPSA) is 84.7 Å². The maximum absolute atomic E-state index is 11.8. The number of ether oxygens (including phenoxy) is 1. The van der Waals surface area contributed by atoms with E-state index >= 15 is 0 Å². The fraction of sp³-hybridized carbons (Fsp3) is 0.818. The zero-order valence-electron chi connectivity index (χ0n) is 10.9. The molecule has 6 heteroatoms. The summed E-state index contributed by atoms with van der Waals surface area (Å²) >= 11 is 0. The van der Waals surface area contributed by atoms with Crippen molar-refractivity contribution in [2.24, 2.45) is 11.7 Å². The van der Waals surface area contributed by atoms with E-state index in [1.807, 2.05) is 6.92 Å². The molecule has 0 spiro atoms. The smallest absolute Gasteiger partial charge is 0.239 e. The summed E-state index contributed by atoms with van der Waals surface area (Å²) in [6.07, 6.45) is 0.633. The highest BCUT2D eigenvalue weighted by atomic mass is 16.5. The number of nitrogens with one attached hydrogen (secondary N) is 1. The van der Waals surface area contributed by atoms with E-state index in [4.69, 9.17) is 10.5 Å². The Hall–Kier alpha value is -1.14. The minimum absolute atomic E-state index is 0.0580. The van der Waals surface area contributed by atoms with Gasteiger partial charge < -0.3 is 20.7 Å². The predicted octanol–water partition coefficient (Wildman–Crippen LogP) is -0.808. The van der Waals surface area contributed by atoms with Crippen LogP contribution in [0.25, 0.3) is 0 Å². The number of carbonyl (C=O) groups is 2. The highest BCUT2D eigenvalue weighted by molar-refractivity contribution is 5.85. The lowest BCUT2D eigenvalue weighted by Gasteiger charge is -2.20. The molecule has 2 amide bonds. The molecule has 17 heavy (non-hydrogen) atoms. The lowest BCUT2D eigenvalue weighted by molar-refractivity contribution is -0.137. The molecule has 3 N–H and O–H groups in total. The number of hydrogen-bond acceptors (Lipinski definition) is 4. The van der Waals surface area contributed by atoms with Gasteiger partial charge in [0.25, 0.3) is 0 Å². The third kappa shape index (κ3) is 6.91. The number of rotatable bonds is 8. The minimum atomic E-state index is -0.183. The largest absolute Gasteiger partial charge is 0.383 e. The first-order valence-corrected chi connectivity index (χ1v) is 5.73. The van der Waals surface area contributed by atoms with E-state index in [0.717, 1.165) is 0 Å². The molecule has 6 nitrogen and oxygen atoms in total. The van der Waals surface area contributed by atoms with Gasteiger partial charge in [-0.2, -0.15) is 0 Å². The van der Waals surface area contributed by atoms with Gasteiger partial charge in [-0.3, -0.25) is 9.59 Å². The Labute approximate surface area is 102 Å². The van der Waals surface area contributed by atoms with Crippen LogP contribution in [-0.2, 0) is 14.3 Å². The molecular formula is C11H23N3O3. The molecule has 0 rings (SSSR count). The van der Waals surface area contributed by atoms with E-state index in [1.54, 1.807) is 14.2 Å². The first-order chi connectivity index (χ1) is 8.02. The second-order valence-electron chi connectivity index (χ2n) is 4.02. The zero-order chi connectivity index (χ0) is 13.3. The van der Waals surface area contributed by atoms with Crippen LogP contribution in [0.3, 0.4) is 0 Å². The Balaban J connectivity index is 3.94. The molecule has 0 aromatic carbocycles. The number of nitrogens with zero attached hydrogens (tertiary/aromatic N) is 1. The van der Waals surface area contributed by atoms with Crippen LogP contribution in [0, 0.1) is 5.92 Å². The van der Waals surface area contributed by atoms with Gasteiger partial charge in [0, 0.05) is 26.6 Å². The molecule has 0 aliphatic carbocycles. The van der Waals surface area contributed by atoms with Crippen molar-refractivity contribution in [3.8, 4) is 0 Å². The van der Waals surface area contributed by atoms with Crippen molar-refractivity contribution in [1.29, 1.82) is 0 Å². The molecule has 0 aromatic heterocycles. The number of amides is 2. The Morgan fingerprint density at radius 1 is 1.47 bits per heavy atom. The van der Waals surface area contributed by atoms with Crippen LogP contribution in [-0.4, -0.2) is 57.1 Å². The average Bonchev–Trinajstić information content (AvgIpc) is 2.28. The third-order valence-corrected chi connectivity index (χ3v) is 2.41. The summed E-state index contributed by atoms with van der Waals surface area (Å²) in [6.45, 7) is 3.27. The molecule has 0 aliphatic rings. The number of nitrogens with two attached hydrogens (primary N) is 1. The van der Waals surface area contributed by atoms with Gasteiger partial charge in [0.2, 0.25) is 11.8 Å². The second kappa shape index (κ2) is 8.95. The van der Waals surface area contributed by atoms with E-state index in [-0.39, 0.29) is 24.3 Å². The first kappa shape index (κ1) is 15.9. The fourth-order valence-electron chi connectivity index (χ4n) is 1.39. The molecule has 0 fully saturated rings. The molecular weight excluding hydrogens is 222 g/mol. The number of hydrogen-bond donors (Lipinski definition) is 2. The number of methoxy groups -OCH3 is 1. The van der Waals surface area contributed by atoms with E-state index in [1.165, 1.54) is 4.90 Å². The van der Waals surface area contributed by atoms with Crippen LogP contribution in [0.1, 0.15) is 13.3 Å². The summed E-state index contributed by atoms with van der Waals surface area (Å²) in [4.78, 5) is 24.6. The van der Waals surface area contributed by atoms with Crippen LogP contribution < -0.4 is 11.1 Å². The standard InChI is InChI=1S/C11H23N3O3/c1-9(4-5-12)11(16)14(2)8-10(15)13-6-7-17-3/h9H,4-8,12H2,1-3H3,(H,13,15). The summed E-state index contributed by atoms with van der Waals surface area (Å²) in [7, 11) is 3.18. The van der Waals surface area contributed by atoms with Gasteiger partial charge in [-0.15, -0.1) is 0 Å². The summed E-state index contributed by atoms with van der Waals surface area (Å²) in [5, 5.41) is 2.66. The normalized spacial score (nSPS) is 12.0. The fourth-order valence-corrected chi connectivity index (χ4v) is 1.39. The Morgan fingerprint density at radius 3 is 2.65 bits per heavy atom.